The lowest BCUT2D eigenvalue weighted by atomic mass is 10.1. The van der Waals surface area contributed by atoms with Gasteiger partial charge in [-0.15, -0.1) is 0 Å². The highest BCUT2D eigenvalue weighted by Crippen LogP contribution is 2.22. The summed E-state index contributed by atoms with van der Waals surface area (Å²) in [7, 11) is 1.89. The van der Waals surface area contributed by atoms with Crippen LogP contribution in [-0.2, 0) is 0 Å². The van der Waals surface area contributed by atoms with E-state index >= 15 is 0 Å². The molecular formula is C11H11IN2. The maximum atomic E-state index is 4.54. The molecule has 1 N–H and O–H groups in total. The van der Waals surface area contributed by atoms with Crippen molar-refractivity contribution in [1.29, 1.82) is 0 Å². The normalized spacial score (nSPS) is 10.5. The molecule has 0 aliphatic heterocycles. The molecule has 0 saturated heterocycles. The minimum atomic E-state index is 0.919. The Morgan fingerprint density at radius 3 is 2.64 bits per heavy atom. The molecular weight excluding hydrogens is 287 g/mol. The van der Waals surface area contributed by atoms with Crippen molar-refractivity contribution in [2.45, 2.75) is 6.92 Å². The lowest BCUT2D eigenvalue weighted by Gasteiger charge is -2.05. The minimum absolute atomic E-state index is 0.919. The van der Waals surface area contributed by atoms with E-state index in [1.54, 1.807) is 0 Å². The van der Waals surface area contributed by atoms with Gasteiger partial charge in [0.15, 0.2) is 0 Å². The monoisotopic (exact) mass is 298 g/mol. The van der Waals surface area contributed by atoms with Crippen LogP contribution in [0.1, 0.15) is 5.56 Å². The van der Waals surface area contributed by atoms with Crippen molar-refractivity contribution >= 4 is 39.3 Å². The van der Waals surface area contributed by atoms with Gasteiger partial charge in [-0.25, -0.2) is 4.98 Å². The van der Waals surface area contributed by atoms with E-state index in [1.165, 1.54) is 14.5 Å². The molecule has 3 heteroatoms. The molecule has 1 aromatic heterocycles. The standard InChI is InChI=1S/C11H11IN2/c1-7-9(12)5-3-8-4-6-10(13-2)14-11(7)8/h3-6H,1-2H3,(H,13,14). The molecule has 0 aliphatic rings. The summed E-state index contributed by atoms with van der Waals surface area (Å²) in [5, 5.41) is 4.25. The van der Waals surface area contributed by atoms with E-state index in [4.69, 9.17) is 0 Å². The Kier molecular flexibility index (Phi) is 2.58. The molecule has 1 aromatic carbocycles. The lowest BCUT2D eigenvalue weighted by Crippen LogP contribution is -1.94. The fourth-order valence-electron chi connectivity index (χ4n) is 1.45. The molecule has 1 heterocycles. The molecule has 0 radical (unpaired) electrons. The van der Waals surface area contributed by atoms with Crippen LogP contribution in [0.25, 0.3) is 10.9 Å². The Bertz CT molecular complexity index is 480. The van der Waals surface area contributed by atoms with E-state index in [-0.39, 0.29) is 0 Å². The van der Waals surface area contributed by atoms with Crippen molar-refractivity contribution in [2.75, 3.05) is 12.4 Å². The summed E-state index contributed by atoms with van der Waals surface area (Å²) in [6.45, 7) is 2.11. The first kappa shape index (κ1) is 9.71. The third-order valence-electron chi connectivity index (χ3n) is 2.31. The quantitative estimate of drug-likeness (QED) is 0.818. The molecule has 0 fully saturated rings. The predicted molar refractivity (Wildman–Crippen MR) is 68.7 cm³/mol. The fourth-order valence-corrected chi connectivity index (χ4v) is 1.88. The molecule has 0 aliphatic carbocycles. The number of halogens is 1. The third-order valence-corrected chi connectivity index (χ3v) is 3.47. The molecule has 14 heavy (non-hydrogen) atoms. The maximum absolute atomic E-state index is 4.54. The molecule has 0 atom stereocenters. The van der Waals surface area contributed by atoms with E-state index in [0.29, 0.717) is 0 Å². The van der Waals surface area contributed by atoms with E-state index in [2.05, 4.69) is 58.0 Å². The SMILES string of the molecule is CNc1ccc2ccc(I)c(C)c2n1. The van der Waals surface area contributed by atoms with Gasteiger partial charge in [0.1, 0.15) is 5.82 Å². The highest BCUT2D eigenvalue weighted by molar-refractivity contribution is 14.1. The zero-order valence-electron chi connectivity index (χ0n) is 8.13. The smallest absolute Gasteiger partial charge is 0.126 e. The molecule has 0 saturated carbocycles. The summed E-state index contributed by atoms with van der Waals surface area (Å²) in [5.41, 5.74) is 2.34. The van der Waals surface area contributed by atoms with Gasteiger partial charge in [-0.3, -0.25) is 0 Å². The van der Waals surface area contributed by atoms with Gasteiger partial charge >= 0.3 is 0 Å². The Labute approximate surface area is 96.9 Å². The number of nitrogens with zero attached hydrogens (tertiary/aromatic N) is 1. The van der Waals surface area contributed by atoms with Gasteiger partial charge in [-0.05, 0) is 53.3 Å². The number of aromatic nitrogens is 1. The number of aryl methyl sites for hydroxylation is 1. The highest BCUT2D eigenvalue weighted by Gasteiger charge is 2.02. The van der Waals surface area contributed by atoms with Crippen molar-refractivity contribution in [3.8, 4) is 0 Å². The molecule has 72 valence electrons. The fraction of sp³-hybridized carbons (Fsp3) is 0.182. The summed E-state index contributed by atoms with van der Waals surface area (Å²) < 4.78 is 1.26. The first-order valence-electron chi connectivity index (χ1n) is 4.46. The first-order valence-corrected chi connectivity index (χ1v) is 5.54. The number of rotatable bonds is 1. The second-order valence-electron chi connectivity index (χ2n) is 3.19. The summed E-state index contributed by atoms with van der Waals surface area (Å²) >= 11 is 2.34. The molecule has 2 nitrogen and oxygen atoms in total. The van der Waals surface area contributed by atoms with Gasteiger partial charge in [-0.1, -0.05) is 6.07 Å². The lowest BCUT2D eigenvalue weighted by molar-refractivity contribution is 1.31. The zero-order chi connectivity index (χ0) is 10.1. The van der Waals surface area contributed by atoms with Crippen LogP contribution in [0.2, 0.25) is 0 Å². The van der Waals surface area contributed by atoms with Crippen molar-refractivity contribution in [2.24, 2.45) is 0 Å². The number of anilines is 1. The minimum Gasteiger partial charge on any atom is -0.373 e. The van der Waals surface area contributed by atoms with Gasteiger partial charge in [0.05, 0.1) is 5.52 Å². The van der Waals surface area contributed by atoms with Gasteiger partial charge < -0.3 is 5.32 Å². The molecule has 2 rings (SSSR count). The van der Waals surface area contributed by atoms with E-state index in [0.717, 1.165) is 11.3 Å². The van der Waals surface area contributed by atoms with Crippen LogP contribution < -0.4 is 5.32 Å². The molecule has 0 bridgehead atoms. The molecule has 0 spiro atoms. The van der Waals surface area contributed by atoms with E-state index in [9.17, 15) is 0 Å². The first-order chi connectivity index (χ1) is 6.72. The molecule has 0 amide bonds. The summed E-state index contributed by atoms with van der Waals surface area (Å²) in [6.07, 6.45) is 0. The Morgan fingerprint density at radius 1 is 1.21 bits per heavy atom. The molecule has 2 aromatic rings. The molecule has 0 unspecified atom stereocenters. The van der Waals surface area contributed by atoms with Crippen molar-refractivity contribution in [3.63, 3.8) is 0 Å². The predicted octanol–water partition coefficient (Wildman–Crippen LogP) is 3.19. The number of nitrogens with one attached hydrogen (secondary N) is 1. The summed E-state index contributed by atoms with van der Waals surface area (Å²) in [6, 6.07) is 8.32. The Hall–Kier alpha value is -0.840. The number of benzene rings is 1. The summed E-state index contributed by atoms with van der Waals surface area (Å²) in [5.74, 6) is 0.919. The number of hydrogen-bond acceptors (Lipinski definition) is 2. The van der Waals surface area contributed by atoms with Gasteiger partial charge in [0.25, 0.3) is 0 Å². The van der Waals surface area contributed by atoms with Crippen molar-refractivity contribution in [3.05, 3.63) is 33.4 Å². The Balaban J connectivity index is 2.78. The summed E-state index contributed by atoms with van der Waals surface area (Å²) in [4.78, 5) is 4.54. The Morgan fingerprint density at radius 2 is 1.93 bits per heavy atom. The van der Waals surface area contributed by atoms with Crippen LogP contribution in [0.3, 0.4) is 0 Å². The number of hydrogen-bond donors (Lipinski definition) is 1. The topological polar surface area (TPSA) is 24.9 Å². The largest absolute Gasteiger partial charge is 0.373 e. The van der Waals surface area contributed by atoms with Crippen LogP contribution in [0, 0.1) is 10.5 Å². The number of pyridine rings is 1. The van der Waals surface area contributed by atoms with Gasteiger partial charge in [0.2, 0.25) is 0 Å². The van der Waals surface area contributed by atoms with Gasteiger partial charge in [-0.2, -0.15) is 0 Å². The average molecular weight is 298 g/mol. The van der Waals surface area contributed by atoms with Crippen molar-refractivity contribution in [1.82, 2.24) is 4.98 Å². The van der Waals surface area contributed by atoms with Crippen LogP contribution in [0.15, 0.2) is 24.3 Å². The highest BCUT2D eigenvalue weighted by atomic mass is 127. The third kappa shape index (κ3) is 1.56. The van der Waals surface area contributed by atoms with E-state index < -0.39 is 0 Å². The average Bonchev–Trinajstić information content (AvgIpc) is 2.23. The number of fused-ring (bicyclic) bond motifs is 1. The van der Waals surface area contributed by atoms with E-state index in [1.807, 2.05) is 13.1 Å². The van der Waals surface area contributed by atoms with Crippen LogP contribution in [0.4, 0.5) is 5.82 Å². The second kappa shape index (κ2) is 3.73. The van der Waals surface area contributed by atoms with Crippen LogP contribution in [0.5, 0.6) is 0 Å². The van der Waals surface area contributed by atoms with Crippen molar-refractivity contribution < 1.29 is 0 Å². The second-order valence-corrected chi connectivity index (χ2v) is 4.35. The van der Waals surface area contributed by atoms with Crippen LogP contribution >= 0.6 is 22.6 Å². The zero-order valence-corrected chi connectivity index (χ0v) is 10.3. The van der Waals surface area contributed by atoms with Crippen LogP contribution in [-0.4, -0.2) is 12.0 Å². The maximum Gasteiger partial charge on any atom is 0.126 e. The van der Waals surface area contributed by atoms with Gasteiger partial charge in [0, 0.05) is 16.0 Å².